The SMILES string of the molecule is OCCCc1cccc(NCC2CCCSC2)c1. The van der Waals surface area contributed by atoms with Crippen molar-refractivity contribution >= 4 is 17.4 Å². The summed E-state index contributed by atoms with van der Waals surface area (Å²) in [6, 6.07) is 8.59. The van der Waals surface area contributed by atoms with Gasteiger partial charge in [-0.25, -0.2) is 0 Å². The number of hydrogen-bond donors (Lipinski definition) is 2. The fraction of sp³-hybridized carbons (Fsp3) is 0.600. The largest absolute Gasteiger partial charge is 0.396 e. The van der Waals surface area contributed by atoms with Crippen LogP contribution in [0.2, 0.25) is 0 Å². The van der Waals surface area contributed by atoms with Crippen LogP contribution in [0.3, 0.4) is 0 Å². The van der Waals surface area contributed by atoms with E-state index in [1.165, 1.54) is 35.6 Å². The van der Waals surface area contributed by atoms with Crippen molar-refractivity contribution in [3.05, 3.63) is 29.8 Å². The van der Waals surface area contributed by atoms with Crippen molar-refractivity contribution in [3.8, 4) is 0 Å². The first-order chi connectivity index (χ1) is 8.88. The third-order valence-corrected chi connectivity index (χ3v) is 4.68. The minimum Gasteiger partial charge on any atom is -0.396 e. The van der Waals surface area contributed by atoms with Crippen molar-refractivity contribution < 1.29 is 5.11 Å². The topological polar surface area (TPSA) is 32.3 Å². The summed E-state index contributed by atoms with van der Waals surface area (Å²) < 4.78 is 0. The highest BCUT2D eigenvalue weighted by Crippen LogP contribution is 2.23. The van der Waals surface area contributed by atoms with Crippen molar-refractivity contribution in [2.45, 2.75) is 25.7 Å². The van der Waals surface area contributed by atoms with Crippen LogP contribution >= 0.6 is 11.8 Å². The van der Waals surface area contributed by atoms with E-state index in [4.69, 9.17) is 5.11 Å². The van der Waals surface area contributed by atoms with Crippen LogP contribution < -0.4 is 5.32 Å². The van der Waals surface area contributed by atoms with Crippen molar-refractivity contribution in [1.29, 1.82) is 0 Å². The van der Waals surface area contributed by atoms with E-state index in [0.29, 0.717) is 0 Å². The Bertz CT molecular complexity index is 350. The molecule has 1 unspecified atom stereocenters. The molecular formula is C15H23NOS. The van der Waals surface area contributed by atoms with E-state index in [0.717, 1.165) is 25.3 Å². The molecule has 0 bridgehead atoms. The maximum atomic E-state index is 8.85. The normalized spacial score (nSPS) is 19.7. The molecule has 2 nitrogen and oxygen atoms in total. The molecule has 0 aromatic heterocycles. The summed E-state index contributed by atoms with van der Waals surface area (Å²) in [6.07, 6.45) is 4.55. The van der Waals surface area contributed by atoms with Gasteiger partial charge in [-0.15, -0.1) is 0 Å². The molecule has 0 aliphatic carbocycles. The van der Waals surface area contributed by atoms with Gasteiger partial charge in [-0.1, -0.05) is 12.1 Å². The highest BCUT2D eigenvalue weighted by atomic mass is 32.2. The van der Waals surface area contributed by atoms with Gasteiger partial charge in [0, 0.05) is 18.8 Å². The van der Waals surface area contributed by atoms with Crippen LogP contribution in [0.15, 0.2) is 24.3 Å². The number of aryl methyl sites for hydroxylation is 1. The van der Waals surface area contributed by atoms with Crippen molar-refractivity contribution in [2.24, 2.45) is 5.92 Å². The van der Waals surface area contributed by atoms with Gasteiger partial charge < -0.3 is 10.4 Å². The number of rotatable bonds is 6. The molecule has 1 aliphatic rings. The summed E-state index contributed by atoms with van der Waals surface area (Å²) in [4.78, 5) is 0. The average molecular weight is 265 g/mol. The molecule has 2 N–H and O–H groups in total. The predicted octanol–water partition coefficient (Wildman–Crippen LogP) is 3.17. The van der Waals surface area contributed by atoms with Crippen LogP contribution in [0.1, 0.15) is 24.8 Å². The molecule has 1 aromatic rings. The van der Waals surface area contributed by atoms with Crippen LogP contribution in [-0.2, 0) is 6.42 Å². The second kappa shape index (κ2) is 7.70. The Morgan fingerprint density at radius 3 is 3.11 bits per heavy atom. The Kier molecular flexibility index (Phi) is 5.88. The second-order valence-corrected chi connectivity index (χ2v) is 6.14. The Hall–Kier alpha value is -0.670. The maximum Gasteiger partial charge on any atom is 0.0434 e. The fourth-order valence-electron chi connectivity index (χ4n) is 2.35. The average Bonchev–Trinajstić information content (AvgIpc) is 2.44. The molecule has 0 amide bonds. The van der Waals surface area contributed by atoms with Gasteiger partial charge in [0.2, 0.25) is 0 Å². The van der Waals surface area contributed by atoms with Crippen molar-refractivity contribution in [1.82, 2.24) is 0 Å². The summed E-state index contributed by atoms with van der Waals surface area (Å²) in [5, 5.41) is 12.4. The molecule has 0 spiro atoms. The fourth-order valence-corrected chi connectivity index (χ4v) is 3.51. The van der Waals surface area contributed by atoms with E-state index in [2.05, 4.69) is 41.3 Å². The van der Waals surface area contributed by atoms with Gasteiger partial charge in [-0.2, -0.15) is 11.8 Å². The highest BCUT2D eigenvalue weighted by Gasteiger charge is 2.13. The van der Waals surface area contributed by atoms with Crippen LogP contribution in [0, 0.1) is 5.92 Å². The van der Waals surface area contributed by atoms with E-state index < -0.39 is 0 Å². The van der Waals surface area contributed by atoms with Gasteiger partial charge >= 0.3 is 0 Å². The van der Waals surface area contributed by atoms with Crippen LogP contribution in [0.25, 0.3) is 0 Å². The Labute approximate surface area is 114 Å². The quantitative estimate of drug-likeness (QED) is 0.828. The Morgan fingerprint density at radius 1 is 1.39 bits per heavy atom. The summed E-state index contributed by atoms with van der Waals surface area (Å²) >= 11 is 2.08. The molecule has 3 heteroatoms. The lowest BCUT2D eigenvalue weighted by Gasteiger charge is -2.22. The molecule has 2 rings (SSSR count). The molecule has 0 radical (unpaired) electrons. The van der Waals surface area contributed by atoms with Gasteiger partial charge in [-0.3, -0.25) is 0 Å². The number of hydrogen-bond acceptors (Lipinski definition) is 3. The number of aliphatic hydroxyl groups excluding tert-OH is 1. The molecular weight excluding hydrogens is 242 g/mol. The third-order valence-electron chi connectivity index (χ3n) is 3.40. The molecule has 1 heterocycles. The summed E-state index contributed by atoms with van der Waals surface area (Å²) in [5.41, 5.74) is 2.54. The molecule has 18 heavy (non-hydrogen) atoms. The maximum absolute atomic E-state index is 8.85. The number of anilines is 1. The minimum absolute atomic E-state index is 0.275. The molecule has 1 aromatic carbocycles. The summed E-state index contributed by atoms with van der Waals surface area (Å²) in [6.45, 7) is 1.37. The first kappa shape index (κ1) is 13.8. The number of benzene rings is 1. The van der Waals surface area contributed by atoms with Gasteiger partial charge in [0.1, 0.15) is 0 Å². The van der Waals surface area contributed by atoms with Crippen LogP contribution in [0.4, 0.5) is 5.69 Å². The van der Waals surface area contributed by atoms with Gasteiger partial charge in [0.25, 0.3) is 0 Å². The lowest BCUT2D eigenvalue weighted by molar-refractivity contribution is 0.288. The molecule has 1 aliphatic heterocycles. The lowest BCUT2D eigenvalue weighted by Crippen LogP contribution is -2.20. The lowest BCUT2D eigenvalue weighted by atomic mass is 10.1. The molecule has 1 fully saturated rings. The molecule has 1 saturated heterocycles. The van der Waals surface area contributed by atoms with Gasteiger partial charge in [0.05, 0.1) is 0 Å². The van der Waals surface area contributed by atoms with Crippen molar-refractivity contribution in [3.63, 3.8) is 0 Å². The number of nitrogens with one attached hydrogen (secondary N) is 1. The minimum atomic E-state index is 0.275. The number of aliphatic hydroxyl groups is 1. The standard InChI is InChI=1S/C15H23NOS/c17-8-2-5-13-4-1-7-15(10-13)16-11-14-6-3-9-18-12-14/h1,4,7,10,14,16-17H,2-3,5-6,8-9,11-12H2. The Morgan fingerprint density at radius 2 is 2.33 bits per heavy atom. The van der Waals surface area contributed by atoms with Crippen molar-refractivity contribution in [2.75, 3.05) is 30.0 Å². The third kappa shape index (κ3) is 4.54. The molecule has 1 atom stereocenters. The summed E-state index contributed by atoms with van der Waals surface area (Å²) in [7, 11) is 0. The summed E-state index contributed by atoms with van der Waals surface area (Å²) in [5.74, 6) is 3.47. The highest BCUT2D eigenvalue weighted by molar-refractivity contribution is 7.99. The second-order valence-electron chi connectivity index (χ2n) is 4.99. The van der Waals surface area contributed by atoms with E-state index in [9.17, 15) is 0 Å². The monoisotopic (exact) mass is 265 g/mol. The van der Waals surface area contributed by atoms with Gasteiger partial charge in [0.15, 0.2) is 0 Å². The predicted molar refractivity (Wildman–Crippen MR) is 80.4 cm³/mol. The smallest absolute Gasteiger partial charge is 0.0434 e. The van der Waals surface area contributed by atoms with E-state index >= 15 is 0 Å². The molecule has 0 saturated carbocycles. The van der Waals surface area contributed by atoms with E-state index in [1.54, 1.807) is 0 Å². The number of thioether (sulfide) groups is 1. The van der Waals surface area contributed by atoms with E-state index in [-0.39, 0.29) is 6.61 Å². The Balaban J connectivity index is 1.80. The molecule has 100 valence electrons. The first-order valence-corrected chi connectivity index (χ1v) is 8.05. The van der Waals surface area contributed by atoms with Crippen LogP contribution in [0.5, 0.6) is 0 Å². The first-order valence-electron chi connectivity index (χ1n) is 6.90. The van der Waals surface area contributed by atoms with Crippen LogP contribution in [-0.4, -0.2) is 29.8 Å². The zero-order valence-corrected chi connectivity index (χ0v) is 11.7. The zero-order chi connectivity index (χ0) is 12.6. The van der Waals surface area contributed by atoms with Gasteiger partial charge in [-0.05, 0) is 60.8 Å². The zero-order valence-electron chi connectivity index (χ0n) is 10.9. The van der Waals surface area contributed by atoms with E-state index in [1.807, 2.05) is 0 Å².